The molecule has 0 unspecified atom stereocenters. The fraction of sp³-hybridized carbons (Fsp3) is 0.167. The van der Waals surface area contributed by atoms with Crippen molar-refractivity contribution in [3.8, 4) is 0 Å². The molecule has 0 aliphatic heterocycles. The summed E-state index contributed by atoms with van der Waals surface area (Å²) >= 11 is 0. The Labute approximate surface area is 137 Å². The molecule has 0 saturated heterocycles. The number of carbonyl (C=O) groups is 1. The Hall–Kier alpha value is -3.15. The molecule has 1 aromatic heterocycles. The Morgan fingerprint density at radius 2 is 1.83 bits per heavy atom. The van der Waals surface area contributed by atoms with E-state index in [0.717, 1.165) is 10.1 Å². The van der Waals surface area contributed by atoms with E-state index in [2.05, 4.69) is 10.3 Å². The molecule has 0 radical (unpaired) electrons. The molecule has 0 spiro atoms. The van der Waals surface area contributed by atoms with E-state index in [1.807, 2.05) is 31.2 Å². The molecule has 3 rings (SSSR count). The molecule has 122 valence electrons. The van der Waals surface area contributed by atoms with Gasteiger partial charge in [-0.05, 0) is 44.2 Å². The predicted molar refractivity (Wildman–Crippen MR) is 93.6 cm³/mol. The van der Waals surface area contributed by atoms with Gasteiger partial charge in [0.2, 0.25) is 0 Å². The van der Waals surface area contributed by atoms with Gasteiger partial charge < -0.3 is 10.3 Å². The first-order valence-corrected chi connectivity index (χ1v) is 7.64. The van der Waals surface area contributed by atoms with E-state index in [4.69, 9.17) is 0 Å². The van der Waals surface area contributed by atoms with E-state index in [1.165, 1.54) is 6.07 Å². The monoisotopic (exact) mass is 323 g/mol. The summed E-state index contributed by atoms with van der Waals surface area (Å²) in [5, 5.41) is 3.17. The van der Waals surface area contributed by atoms with Crippen molar-refractivity contribution in [1.29, 1.82) is 0 Å². The quantitative estimate of drug-likeness (QED) is 0.775. The molecular formula is C18H17N3O3. The van der Waals surface area contributed by atoms with Crippen molar-refractivity contribution >= 4 is 22.5 Å². The number of hydrogen-bond donors (Lipinski definition) is 2. The van der Waals surface area contributed by atoms with Crippen molar-refractivity contribution in [2.75, 3.05) is 5.32 Å². The molecule has 0 fully saturated rings. The number of amides is 1. The van der Waals surface area contributed by atoms with Crippen LogP contribution < -0.4 is 16.6 Å². The molecule has 6 heteroatoms. The van der Waals surface area contributed by atoms with Gasteiger partial charge in [-0.15, -0.1) is 0 Å². The molecule has 2 N–H and O–H groups in total. The predicted octanol–water partition coefficient (Wildman–Crippen LogP) is 2.27. The van der Waals surface area contributed by atoms with Gasteiger partial charge in [0, 0.05) is 17.8 Å². The Morgan fingerprint density at radius 1 is 1.12 bits per heavy atom. The average molecular weight is 323 g/mol. The molecule has 0 saturated carbocycles. The van der Waals surface area contributed by atoms with Gasteiger partial charge in [-0.1, -0.05) is 17.7 Å². The van der Waals surface area contributed by atoms with Crippen LogP contribution in [0.1, 0.15) is 22.8 Å². The third kappa shape index (κ3) is 2.86. The van der Waals surface area contributed by atoms with Crippen molar-refractivity contribution in [2.45, 2.75) is 20.4 Å². The number of aromatic amines is 1. The first kappa shape index (κ1) is 15.7. The SMILES string of the molecule is CCn1c(=O)[nH]c2cc(C(=O)Nc3ccc(C)cc3)ccc2c1=O. The minimum atomic E-state index is -0.480. The average Bonchev–Trinajstić information content (AvgIpc) is 2.56. The van der Waals surface area contributed by atoms with E-state index in [0.29, 0.717) is 28.7 Å². The Morgan fingerprint density at radius 3 is 2.50 bits per heavy atom. The fourth-order valence-corrected chi connectivity index (χ4v) is 2.52. The summed E-state index contributed by atoms with van der Waals surface area (Å²) in [7, 11) is 0. The number of benzene rings is 2. The lowest BCUT2D eigenvalue weighted by Gasteiger charge is -2.07. The number of carbonyl (C=O) groups excluding carboxylic acids is 1. The first-order chi connectivity index (χ1) is 11.5. The second-order valence-corrected chi connectivity index (χ2v) is 5.56. The standard InChI is InChI=1S/C18H17N3O3/c1-3-21-17(23)14-9-6-12(10-15(14)20-18(21)24)16(22)19-13-7-4-11(2)5-8-13/h4-10H,3H2,1-2H3,(H,19,22)(H,20,24). The van der Waals surface area contributed by atoms with E-state index < -0.39 is 5.69 Å². The number of H-pyrrole nitrogens is 1. The van der Waals surface area contributed by atoms with E-state index in [1.54, 1.807) is 19.1 Å². The normalized spacial score (nSPS) is 10.8. The lowest BCUT2D eigenvalue weighted by atomic mass is 10.1. The number of aromatic nitrogens is 2. The van der Waals surface area contributed by atoms with Crippen molar-refractivity contribution < 1.29 is 4.79 Å². The van der Waals surface area contributed by atoms with E-state index in [-0.39, 0.29) is 11.5 Å². The minimum absolute atomic E-state index is 0.291. The highest BCUT2D eigenvalue weighted by Crippen LogP contribution is 2.13. The van der Waals surface area contributed by atoms with Crippen LogP contribution in [0.3, 0.4) is 0 Å². The molecule has 1 amide bonds. The van der Waals surface area contributed by atoms with Gasteiger partial charge in [-0.3, -0.25) is 14.2 Å². The molecule has 0 atom stereocenters. The summed E-state index contributed by atoms with van der Waals surface area (Å²) in [6, 6.07) is 12.1. The number of fused-ring (bicyclic) bond motifs is 1. The Balaban J connectivity index is 1.98. The van der Waals surface area contributed by atoms with Crippen molar-refractivity contribution in [2.24, 2.45) is 0 Å². The zero-order chi connectivity index (χ0) is 17.3. The summed E-state index contributed by atoms with van der Waals surface area (Å²) in [6.07, 6.45) is 0. The van der Waals surface area contributed by atoms with Crippen LogP contribution in [0.4, 0.5) is 5.69 Å². The van der Waals surface area contributed by atoms with Crippen LogP contribution in [0.2, 0.25) is 0 Å². The molecule has 0 aliphatic carbocycles. The third-order valence-corrected chi connectivity index (χ3v) is 3.87. The van der Waals surface area contributed by atoms with Gasteiger partial charge in [0.1, 0.15) is 0 Å². The largest absolute Gasteiger partial charge is 0.328 e. The molecule has 2 aromatic carbocycles. The van der Waals surface area contributed by atoms with Gasteiger partial charge in [0.15, 0.2) is 0 Å². The van der Waals surface area contributed by atoms with E-state index in [9.17, 15) is 14.4 Å². The smallest absolute Gasteiger partial charge is 0.322 e. The van der Waals surface area contributed by atoms with Gasteiger partial charge >= 0.3 is 5.69 Å². The third-order valence-electron chi connectivity index (χ3n) is 3.87. The van der Waals surface area contributed by atoms with Crippen LogP contribution in [0.5, 0.6) is 0 Å². The maximum Gasteiger partial charge on any atom is 0.328 e. The van der Waals surface area contributed by atoms with Crippen LogP contribution in [0.25, 0.3) is 10.9 Å². The molecular weight excluding hydrogens is 306 g/mol. The summed E-state index contributed by atoms with van der Waals surface area (Å²) in [4.78, 5) is 39.1. The van der Waals surface area contributed by atoms with E-state index >= 15 is 0 Å². The number of hydrogen-bond acceptors (Lipinski definition) is 3. The highest BCUT2D eigenvalue weighted by molar-refractivity contribution is 6.06. The maximum atomic E-state index is 12.3. The minimum Gasteiger partial charge on any atom is -0.322 e. The molecule has 1 heterocycles. The molecule has 3 aromatic rings. The van der Waals surface area contributed by atoms with Gasteiger partial charge in [0.05, 0.1) is 10.9 Å². The van der Waals surface area contributed by atoms with Crippen molar-refractivity contribution in [3.05, 3.63) is 74.4 Å². The summed E-state index contributed by atoms with van der Waals surface area (Å²) in [6.45, 7) is 3.99. The van der Waals surface area contributed by atoms with Crippen LogP contribution >= 0.6 is 0 Å². The van der Waals surface area contributed by atoms with Crippen LogP contribution in [-0.2, 0) is 6.54 Å². The zero-order valence-electron chi connectivity index (χ0n) is 13.4. The van der Waals surface area contributed by atoms with Gasteiger partial charge in [-0.2, -0.15) is 0 Å². The van der Waals surface area contributed by atoms with Crippen LogP contribution in [-0.4, -0.2) is 15.5 Å². The summed E-state index contributed by atoms with van der Waals surface area (Å²) in [5.41, 5.74) is 1.66. The van der Waals surface area contributed by atoms with Crippen LogP contribution in [0.15, 0.2) is 52.1 Å². The lowest BCUT2D eigenvalue weighted by Crippen LogP contribution is -2.34. The number of nitrogens with one attached hydrogen (secondary N) is 2. The molecule has 24 heavy (non-hydrogen) atoms. The second kappa shape index (κ2) is 6.16. The highest BCUT2D eigenvalue weighted by atomic mass is 16.2. The molecule has 0 bridgehead atoms. The number of rotatable bonds is 3. The van der Waals surface area contributed by atoms with Crippen molar-refractivity contribution in [1.82, 2.24) is 9.55 Å². The number of aryl methyl sites for hydroxylation is 1. The Kier molecular flexibility index (Phi) is 4.04. The Bertz CT molecular complexity index is 1030. The number of anilines is 1. The lowest BCUT2D eigenvalue weighted by molar-refractivity contribution is 0.102. The van der Waals surface area contributed by atoms with Gasteiger partial charge in [0.25, 0.3) is 11.5 Å². The second-order valence-electron chi connectivity index (χ2n) is 5.56. The highest BCUT2D eigenvalue weighted by Gasteiger charge is 2.11. The van der Waals surface area contributed by atoms with Crippen LogP contribution in [0, 0.1) is 6.92 Å². The summed E-state index contributed by atoms with van der Waals surface area (Å²) < 4.78 is 1.12. The molecule has 0 aliphatic rings. The number of nitrogens with zero attached hydrogens (tertiary/aromatic N) is 1. The topological polar surface area (TPSA) is 84.0 Å². The fourth-order valence-electron chi connectivity index (χ4n) is 2.52. The first-order valence-electron chi connectivity index (χ1n) is 7.64. The summed E-state index contributed by atoms with van der Waals surface area (Å²) in [5.74, 6) is -0.304. The van der Waals surface area contributed by atoms with Gasteiger partial charge in [-0.25, -0.2) is 4.79 Å². The molecule has 6 nitrogen and oxygen atoms in total. The van der Waals surface area contributed by atoms with Crippen molar-refractivity contribution in [3.63, 3.8) is 0 Å². The zero-order valence-corrected chi connectivity index (χ0v) is 13.4. The maximum absolute atomic E-state index is 12.3.